The highest BCUT2D eigenvalue weighted by atomic mass is 35.5. The van der Waals surface area contributed by atoms with Crippen LogP contribution in [0.1, 0.15) is 13.3 Å². The van der Waals surface area contributed by atoms with Crippen LogP contribution < -0.4 is 10.2 Å². The number of carbonyl (C=O) groups is 1. The third-order valence-electron chi connectivity index (χ3n) is 3.50. The van der Waals surface area contributed by atoms with Crippen molar-refractivity contribution in [2.45, 2.75) is 19.4 Å². The zero-order valence-corrected chi connectivity index (χ0v) is 9.79. The van der Waals surface area contributed by atoms with Crippen LogP contribution in [0.3, 0.4) is 0 Å². The van der Waals surface area contributed by atoms with E-state index in [1.165, 1.54) is 0 Å². The lowest BCUT2D eigenvalue weighted by molar-refractivity contribution is -0.118. The van der Waals surface area contributed by atoms with Gasteiger partial charge in [0.2, 0.25) is 5.91 Å². The van der Waals surface area contributed by atoms with E-state index >= 15 is 0 Å². The first-order valence-corrected chi connectivity index (χ1v) is 5.92. The minimum absolute atomic E-state index is 0.0487. The summed E-state index contributed by atoms with van der Waals surface area (Å²) in [6.07, 6.45) is 1.04. The van der Waals surface area contributed by atoms with Gasteiger partial charge in [0.1, 0.15) is 6.04 Å². The van der Waals surface area contributed by atoms with Crippen LogP contribution in [0.4, 0.5) is 11.4 Å². The number of amides is 1. The Balaban J connectivity index is 2.15. The Kier molecular flexibility index (Phi) is 2.11. The van der Waals surface area contributed by atoms with Crippen molar-refractivity contribution in [3.05, 3.63) is 23.2 Å². The zero-order valence-electron chi connectivity index (χ0n) is 9.03. The van der Waals surface area contributed by atoms with Gasteiger partial charge in [0.05, 0.1) is 16.4 Å². The molecule has 0 spiro atoms. The fraction of sp³-hybridized carbons (Fsp3) is 0.417. The number of carbonyl (C=O) groups excluding carboxylic acids is 1. The summed E-state index contributed by atoms with van der Waals surface area (Å²) in [7, 11) is 0. The van der Waals surface area contributed by atoms with Crippen LogP contribution in [0.15, 0.2) is 18.2 Å². The molecule has 0 aromatic heterocycles. The van der Waals surface area contributed by atoms with Crippen LogP contribution in [0.5, 0.6) is 0 Å². The van der Waals surface area contributed by atoms with Gasteiger partial charge in [-0.15, -0.1) is 0 Å². The molecule has 0 saturated carbocycles. The maximum absolute atomic E-state index is 12.0. The molecular formula is C12H13ClN2O. The Hall–Kier alpha value is -1.22. The van der Waals surface area contributed by atoms with Gasteiger partial charge in [-0.1, -0.05) is 24.6 Å². The molecule has 2 aliphatic rings. The molecule has 1 amide bonds. The summed E-state index contributed by atoms with van der Waals surface area (Å²) in [4.78, 5) is 14.1. The summed E-state index contributed by atoms with van der Waals surface area (Å²) in [5, 5.41) is 3.66. The molecule has 16 heavy (non-hydrogen) atoms. The van der Waals surface area contributed by atoms with E-state index in [0.717, 1.165) is 29.4 Å². The van der Waals surface area contributed by atoms with Crippen molar-refractivity contribution >= 4 is 28.9 Å². The van der Waals surface area contributed by atoms with Crippen molar-refractivity contribution in [3.8, 4) is 0 Å². The number of rotatable bonds is 0. The smallest absolute Gasteiger partial charge is 0.247 e. The van der Waals surface area contributed by atoms with Crippen molar-refractivity contribution in [1.82, 2.24) is 0 Å². The zero-order chi connectivity index (χ0) is 11.3. The quantitative estimate of drug-likeness (QED) is 0.751. The molecule has 0 radical (unpaired) electrons. The largest absolute Gasteiger partial charge is 0.356 e. The molecule has 2 heterocycles. The van der Waals surface area contributed by atoms with Crippen LogP contribution in [0.2, 0.25) is 5.02 Å². The van der Waals surface area contributed by atoms with Gasteiger partial charge in [0, 0.05) is 6.54 Å². The number of nitrogens with one attached hydrogen (secondary N) is 1. The number of halogens is 1. The second kappa shape index (κ2) is 3.39. The van der Waals surface area contributed by atoms with Gasteiger partial charge in [-0.25, -0.2) is 0 Å². The van der Waals surface area contributed by atoms with Gasteiger partial charge in [-0.05, 0) is 24.5 Å². The summed E-state index contributed by atoms with van der Waals surface area (Å²) in [6.45, 7) is 3.03. The van der Waals surface area contributed by atoms with Gasteiger partial charge in [0.15, 0.2) is 0 Å². The van der Waals surface area contributed by atoms with Crippen molar-refractivity contribution in [2.24, 2.45) is 5.92 Å². The Morgan fingerprint density at radius 1 is 1.50 bits per heavy atom. The lowest BCUT2D eigenvalue weighted by atomic mass is 10.00. The maximum Gasteiger partial charge on any atom is 0.247 e. The first-order chi connectivity index (χ1) is 7.68. The molecule has 2 unspecified atom stereocenters. The van der Waals surface area contributed by atoms with Crippen molar-refractivity contribution < 1.29 is 4.79 Å². The second-order valence-electron chi connectivity index (χ2n) is 4.53. The fourth-order valence-corrected chi connectivity index (χ4v) is 3.00. The molecule has 1 aromatic rings. The minimum Gasteiger partial charge on any atom is -0.356 e. The Labute approximate surface area is 99.4 Å². The average Bonchev–Trinajstić information content (AvgIpc) is 2.61. The molecule has 0 aliphatic carbocycles. The van der Waals surface area contributed by atoms with E-state index in [-0.39, 0.29) is 11.9 Å². The number of anilines is 2. The summed E-state index contributed by atoms with van der Waals surface area (Å²) < 4.78 is 0. The van der Waals surface area contributed by atoms with Gasteiger partial charge in [0.25, 0.3) is 0 Å². The predicted molar refractivity (Wildman–Crippen MR) is 65.0 cm³/mol. The first kappa shape index (κ1) is 9.97. The van der Waals surface area contributed by atoms with Crippen LogP contribution in [-0.4, -0.2) is 18.5 Å². The van der Waals surface area contributed by atoms with E-state index in [1.807, 2.05) is 18.2 Å². The topological polar surface area (TPSA) is 32.3 Å². The Morgan fingerprint density at radius 3 is 3.12 bits per heavy atom. The van der Waals surface area contributed by atoms with Crippen molar-refractivity contribution in [2.75, 3.05) is 16.8 Å². The normalized spacial score (nSPS) is 27.4. The van der Waals surface area contributed by atoms with Crippen molar-refractivity contribution in [3.63, 3.8) is 0 Å². The van der Waals surface area contributed by atoms with Gasteiger partial charge < -0.3 is 10.2 Å². The van der Waals surface area contributed by atoms with E-state index in [9.17, 15) is 4.79 Å². The molecule has 4 heteroatoms. The number of hydrogen-bond acceptors (Lipinski definition) is 2. The van der Waals surface area contributed by atoms with E-state index < -0.39 is 0 Å². The third kappa shape index (κ3) is 1.24. The molecular weight excluding hydrogens is 224 g/mol. The fourth-order valence-electron chi connectivity index (χ4n) is 2.71. The molecule has 3 nitrogen and oxygen atoms in total. The summed E-state index contributed by atoms with van der Waals surface area (Å²) in [5.74, 6) is 0.490. The van der Waals surface area contributed by atoms with Crippen LogP contribution in [0.25, 0.3) is 0 Å². The molecule has 84 valence electrons. The highest BCUT2D eigenvalue weighted by molar-refractivity contribution is 6.34. The molecule has 2 aliphatic heterocycles. The van der Waals surface area contributed by atoms with E-state index in [1.54, 1.807) is 0 Å². The second-order valence-corrected chi connectivity index (χ2v) is 4.94. The van der Waals surface area contributed by atoms with Gasteiger partial charge in [-0.2, -0.15) is 0 Å². The molecule has 2 atom stereocenters. The molecule has 1 fully saturated rings. The summed E-state index contributed by atoms with van der Waals surface area (Å²) >= 11 is 6.21. The molecule has 1 aromatic carbocycles. The summed E-state index contributed by atoms with van der Waals surface area (Å²) in [6, 6.07) is 5.59. The van der Waals surface area contributed by atoms with Crippen LogP contribution >= 0.6 is 11.6 Å². The lowest BCUT2D eigenvalue weighted by Gasteiger charge is -2.34. The summed E-state index contributed by atoms with van der Waals surface area (Å²) in [5.41, 5.74) is 1.82. The van der Waals surface area contributed by atoms with E-state index in [0.29, 0.717) is 5.92 Å². The number of fused-ring (bicyclic) bond motifs is 3. The minimum atomic E-state index is -0.0487. The van der Waals surface area contributed by atoms with Gasteiger partial charge in [-0.3, -0.25) is 4.79 Å². The highest BCUT2D eigenvalue weighted by Crippen LogP contribution is 2.42. The third-order valence-corrected chi connectivity index (χ3v) is 3.81. The molecule has 1 saturated heterocycles. The van der Waals surface area contributed by atoms with Crippen LogP contribution in [-0.2, 0) is 4.79 Å². The van der Waals surface area contributed by atoms with E-state index in [2.05, 4.69) is 17.1 Å². The molecule has 3 rings (SSSR count). The lowest BCUT2D eigenvalue weighted by Crippen LogP contribution is -2.46. The first-order valence-electron chi connectivity index (χ1n) is 5.54. The maximum atomic E-state index is 12.0. The highest BCUT2D eigenvalue weighted by Gasteiger charge is 2.41. The van der Waals surface area contributed by atoms with Gasteiger partial charge >= 0.3 is 0 Å². The number of nitrogens with zero attached hydrogens (tertiary/aromatic N) is 1. The number of benzene rings is 1. The Bertz CT molecular complexity index is 460. The van der Waals surface area contributed by atoms with Crippen molar-refractivity contribution in [1.29, 1.82) is 0 Å². The molecule has 0 bridgehead atoms. The monoisotopic (exact) mass is 236 g/mol. The van der Waals surface area contributed by atoms with E-state index in [4.69, 9.17) is 11.6 Å². The molecule has 1 N–H and O–H groups in total. The predicted octanol–water partition coefficient (Wildman–Crippen LogP) is 2.51. The average molecular weight is 237 g/mol. The number of hydrogen-bond donors (Lipinski definition) is 1. The number of para-hydroxylation sites is 1. The Morgan fingerprint density at radius 2 is 2.31 bits per heavy atom. The SMILES string of the molecule is CC1CCN2c3c(Cl)cccc3NC(=O)C12. The standard InChI is InChI=1S/C12H13ClN2O/c1-7-5-6-15-10(7)12(16)14-9-4-2-3-8(13)11(9)15/h2-4,7,10H,5-6H2,1H3,(H,14,16). The van der Waals surface area contributed by atoms with Crippen LogP contribution in [0, 0.1) is 5.92 Å².